The lowest BCUT2D eigenvalue weighted by Crippen LogP contribution is -2.06. The summed E-state index contributed by atoms with van der Waals surface area (Å²) >= 11 is 1.77. The molecule has 0 bridgehead atoms. The van der Waals surface area contributed by atoms with Crippen LogP contribution in [-0.2, 0) is 17.7 Å². The molecule has 4 nitrogen and oxygen atoms in total. The highest BCUT2D eigenvalue weighted by atomic mass is 32.1. The van der Waals surface area contributed by atoms with Crippen molar-refractivity contribution in [2.75, 3.05) is 13.7 Å². The molecule has 0 fully saturated rings. The van der Waals surface area contributed by atoms with E-state index in [0.29, 0.717) is 0 Å². The lowest BCUT2D eigenvalue weighted by molar-refractivity contribution is 0.194. The maximum atomic E-state index is 5.13. The van der Waals surface area contributed by atoms with Crippen molar-refractivity contribution < 1.29 is 4.74 Å². The maximum absolute atomic E-state index is 5.13. The first-order chi connectivity index (χ1) is 9.88. The number of hydrogen-bond donors (Lipinski definition) is 0. The molecule has 0 atom stereocenters. The largest absolute Gasteiger partial charge is 0.385 e. The van der Waals surface area contributed by atoms with Gasteiger partial charge in [0.1, 0.15) is 11.3 Å². The van der Waals surface area contributed by atoms with Crippen LogP contribution >= 0.6 is 11.3 Å². The second-order valence-electron chi connectivity index (χ2n) is 4.64. The number of hydrogen-bond acceptors (Lipinski definition) is 4. The third-order valence-corrected chi connectivity index (χ3v) is 4.09. The van der Waals surface area contributed by atoms with Crippen LogP contribution in [0.5, 0.6) is 0 Å². The Hall–Kier alpha value is -1.72. The first kappa shape index (κ1) is 13.3. The molecule has 20 heavy (non-hydrogen) atoms. The molecule has 3 aromatic rings. The summed E-state index contributed by atoms with van der Waals surface area (Å²) in [5.74, 6) is 1.09. The zero-order valence-electron chi connectivity index (χ0n) is 11.5. The molecule has 0 aromatic carbocycles. The van der Waals surface area contributed by atoms with Crippen molar-refractivity contribution in [3.63, 3.8) is 0 Å². The van der Waals surface area contributed by atoms with Crippen LogP contribution in [0.15, 0.2) is 35.8 Å². The van der Waals surface area contributed by atoms with E-state index < -0.39 is 0 Å². The maximum Gasteiger partial charge on any atom is 0.160 e. The monoisotopic (exact) mass is 287 g/mol. The molecule has 0 aliphatic carbocycles. The van der Waals surface area contributed by atoms with Gasteiger partial charge in [0.2, 0.25) is 0 Å². The average Bonchev–Trinajstić information content (AvgIpc) is 3.09. The highest BCUT2D eigenvalue weighted by Crippen LogP contribution is 2.19. The number of imidazole rings is 1. The van der Waals surface area contributed by atoms with E-state index in [1.54, 1.807) is 18.4 Å². The average molecular weight is 287 g/mol. The van der Waals surface area contributed by atoms with Crippen molar-refractivity contribution in [3.05, 3.63) is 46.5 Å². The molecule has 5 heteroatoms. The Morgan fingerprint density at radius 1 is 1.30 bits per heavy atom. The fourth-order valence-electron chi connectivity index (χ4n) is 2.30. The number of ether oxygens (including phenoxy) is 1. The Morgan fingerprint density at radius 2 is 2.25 bits per heavy atom. The Kier molecular flexibility index (Phi) is 4.08. The summed E-state index contributed by atoms with van der Waals surface area (Å²) in [6.07, 6.45) is 3.72. The molecule has 3 heterocycles. The van der Waals surface area contributed by atoms with Crippen molar-refractivity contribution in [1.82, 2.24) is 14.5 Å². The first-order valence-corrected chi connectivity index (χ1v) is 7.58. The standard InChI is InChI=1S/C15H17N3OS/c1-19-9-3-7-14-17-13-6-2-8-16-15(13)18(14)11-12-5-4-10-20-12/h2,4-6,8,10H,3,7,9,11H2,1H3. The summed E-state index contributed by atoms with van der Waals surface area (Å²) in [6.45, 7) is 1.60. The summed E-state index contributed by atoms with van der Waals surface area (Å²) < 4.78 is 7.35. The Bertz CT molecular complexity index is 676. The minimum atomic E-state index is 0.760. The van der Waals surface area contributed by atoms with Gasteiger partial charge < -0.3 is 9.30 Å². The second-order valence-corrected chi connectivity index (χ2v) is 5.67. The molecule has 104 valence electrons. The van der Waals surface area contributed by atoms with Crippen molar-refractivity contribution in [2.24, 2.45) is 0 Å². The van der Waals surface area contributed by atoms with Gasteiger partial charge in [0, 0.05) is 31.2 Å². The zero-order valence-corrected chi connectivity index (χ0v) is 12.3. The Morgan fingerprint density at radius 3 is 3.05 bits per heavy atom. The van der Waals surface area contributed by atoms with Crippen LogP contribution in [0.4, 0.5) is 0 Å². The number of fused-ring (bicyclic) bond motifs is 1. The molecule has 3 rings (SSSR count). The number of pyridine rings is 1. The summed E-state index contributed by atoms with van der Waals surface area (Å²) in [5, 5.41) is 2.10. The first-order valence-electron chi connectivity index (χ1n) is 6.70. The van der Waals surface area contributed by atoms with Crippen LogP contribution < -0.4 is 0 Å². The lowest BCUT2D eigenvalue weighted by atomic mass is 10.3. The smallest absolute Gasteiger partial charge is 0.160 e. The molecule has 0 saturated carbocycles. The molecular formula is C15H17N3OS. The van der Waals surface area contributed by atoms with E-state index in [9.17, 15) is 0 Å². The molecule has 0 radical (unpaired) electrons. The number of nitrogens with zero attached hydrogens (tertiary/aromatic N) is 3. The molecule has 0 saturated heterocycles. The quantitative estimate of drug-likeness (QED) is 0.654. The third kappa shape index (κ3) is 2.73. The molecule has 0 N–H and O–H groups in total. The van der Waals surface area contributed by atoms with Gasteiger partial charge in [-0.15, -0.1) is 11.3 Å². The minimum absolute atomic E-state index is 0.760. The molecule has 0 aliphatic heterocycles. The van der Waals surface area contributed by atoms with E-state index in [0.717, 1.165) is 43.0 Å². The molecule has 0 spiro atoms. The summed E-state index contributed by atoms with van der Waals surface area (Å²) in [6, 6.07) is 8.19. The Labute approximate surface area is 122 Å². The van der Waals surface area contributed by atoms with Gasteiger partial charge in [-0.25, -0.2) is 9.97 Å². The topological polar surface area (TPSA) is 39.9 Å². The van der Waals surface area contributed by atoms with Gasteiger partial charge in [-0.3, -0.25) is 0 Å². The van der Waals surface area contributed by atoms with E-state index in [4.69, 9.17) is 9.72 Å². The summed E-state index contributed by atoms with van der Waals surface area (Å²) in [7, 11) is 1.73. The van der Waals surface area contributed by atoms with Gasteiger partial charge >= 0.3 is 0 Å². The third-order valence-electron chi connectivity index (χ3n) is 3.23. The van der Waals surface area contributed by atoms with Crippen molar-refractivity contribution in [2.45, 2.75) is 19.4 Å². The van der Waals surface area contributed by atoms with E-state index >= 15 is 0 Å². The van der Waals surface area contributed by atoms with Gasteiger partial charge in [-0.1, -0.05) is 6.07 Å². The number of thiophene rings is 1. The number of aromatic nitrogens is 3. The van der Waals surface area contributed by atoms with E-state index in [2.05, 4.69) is 27.1 Å². The summed E-state index contributed by atoms with van der Waals surface area (Å²) in [5.41, 5.74) is 1.93. The van der Waals surface area contributed by atoms with Gasteiger partial charge in [0.05, 0.1) is 6.54 Å². The highest BCUT2D eigenvalue weighted by Gasteiger charge is 2.12. The molecule has 0 unspecified atom stereocenters. The highest BCUT2D eigenvalue weighted by molar-refractivity contribution is 7.09. The van der Waals surface area contributed by atoms with Crippen LogP contribution in [0.25, 0.3) is 11.2 Å². The van der Waals surface area contributed by atoms with E-state index in [-0.39, 0.29) is 0 Å². The molecular weight excluding hydrogens is 270 g/mol. The van der Waals surface area contributed by atoms with Crippen LogP contribution in [-0.4, -0.2) is 28.3 Å². The van der Waals surface area contributed by atoms with Gasteiger partial charge in [0.25, 0.3) is 0 Å². The van der Waals surface area contributed by atoms with Crippen LogP contribution in [0.3, 0.4) is 0 Å². The van der Waals surface area contributed by atoms with Gasteiger partial charge in [-0.05, 0) is 30.0 Å². The van der Waals surface area contributed by atoms with Crippen LogP contribution in [0.1, 0.15) is 17.1 Å². The summed E-state index contributed by atoms with van der Waals surface area (Å²) in [4.78, 5) is 10.5. The van der Waals surface area contributed by atoms with Crippen molar-refractivity contribution in [3.8, 4) is 0 Å². The van der Waals surface area contributed by atoms with Crippen molar-refractivity contribution >= 4 is 22.5 Å². The predicted molar refractivity (Wildman–Crippen MR) is 81.1 cm³/mol. The second kappa shape index (κ2) is 6.15. The van der Waals surface area contributed by atoms with E-state index in [1.165, 1.54) is 4.88 Å². The molecule has 0 amide bonds. The van der Waals surface area contributed by atoms with Crippen molar-refractivity contribution in [1.29, 1.82) is 0 Å². The number of methoxy groups -OCH3 is 1. The van der Waals surface area contributed by atoms with Gasteiger partial charge in [-0.2, -0.15) is 0 Å². The normalized spacial score (nSPS) is 11.2. The van der Waals surface area contributed by atoms with E-state index in [1.807, 2.05) is 18.3 Å². The van der Waals surface area contributed by atoms with Crippen LogP contribution in [0.2, 0.25) is 0 Å². The SMILES string of the molecule is COCCCc1nc2cccnc2n1Cc1cccs1. The molecule has 3 aromatic heterocycles. The minimum Gasteiger partial charge on any atom is -0.385 e. The van der Waals surface area contributed by atoms with Gasteiger partial charge in [0.15, 0.2) is 5.65 Å². The Balaban J connectivity index is 1.94. The lowest BCUT2D eigenvalue weighted by Gasteiger charge is -2.07. The number of aryl methyl sites for hydroxylation is 1. The fourth-order valence-corrected chi connectivity index (χ4v) is 2.99. The molecule has 0 aliphatic rings. The number of rotatable bonds is 6. The fraction of sp³-hybridized carbons (Fsp3) is 0.333. The zero-order chi connectivity index (χ0) is 13.8. The predicted octanol–water partition coefficient (Wildman–Crippen LogP) is 3.12. The van der Waals surface area contributed by atoms with Crippen LogP contribution in [0, 0.1) is 0 Å².